The SMILES string of the molecule is CCCC(N)C(=O)Nc1ccc(OCCN2CCN(C)CC2)cc1. The van der Waals surface area contributed by atoms with Crippen molar-refractivity contribution in [1.29, 1.82) is 0 Å². The van der Waals surface area contributed by atoms with E-state index < -0.39 is 6.04 Å². The Kier molecular flexibility index (Phi) is 7.49. The Morgan fingerprint density at radius 3 is 2.54 bits per heavy atom. The molecule has 1 saturated heterocycles. The van der Waals surface area contributed by atoms with Crippen LogP contribution in [0.25, 0.3) is 0 Å². The molecule has 0 spiro atoms. The Hall–Kier alpha value is -1.63. The lowest BCUT2D eigenvalue weighted by molar-refractivity contribution is -0.117. The predicted molar refractivity (Wildman–Crippen MR) is 97.4 cm³/mol. The fourth-order valence-electron chi connectivity index (χ4n) is 2.68. The van der Waals surface area contributed by atoms with Crippen LogP contribution in [0.15, 0.2) is 24.3 Å². The third-order valence-electron chi connectivity index (χ3n) is 4.33. The van der Waals surface area contributed by atoms with Crippen LogP contribution in [-0.2, 0) is 4.79 Å². The van der Waals surface area contributed by atoms with Gasteiger partial charge in [-0.3, -0.25) is 9.69 Å². The average molecular weight is 334 g/mol. The molecule has 0 aromatic heterocycles. The van der Waals surface area contributed by atoms with E-state index >= 15 is 0 Å². The first-order valence-corrected chi connectivity index (χ1v) is 8.78. The second-order valence-corrected chi connectivity index (χ2v) is 6.40. The van der Waals surface area contributed by atoms with Gasteiger partial charge in [0, 0.05) is 38.4 Å². The van der Waals surface area contributed by atoms with Crippen molar-refractivity contribution < 1.29 is 9.53 Å². The van der Waals surface area contributed by atoms with Crippen LogP contribution in [-0.4, -0.2) is 68.1 Å². The number of piperazine rings is 1. The van der Waals surface area contributed by atoms with Crippen molar-refractivity contribution in [1.82, 2.24) is 9.80 Å². The van der Waals surface area contributed by atoms with Gasteiger partial charge in [0.1, 0.15) is 12.4 Å². The number of carbonyl (C=O) groups is 1. The number of nitrogens with two attached hydrogens (primary N) is 1. The molecular weight excluding hydrogens is 304 g/mol. The number of nitrogens with one attached hydrogen (secondary N) is 1. The molecule has 1 fully saturated rings. The minimum Gasteiger partial charge on any atom is -0.492 e. The minimum absolute atomic E-state index is 0.138. The summed E-state index contributed by atoms with van der Waals surface area (Å²) >= 11 is 0. The summed E-state index contributed by atoms with van der Waals surface area (Å²) in [5.74, 6) is 0.681. The Morgan fingerprint density at radius 2 is 1.92 bits per heavy atom. The van der Waals surface area contributed by atoms with Crippen molar-refractivity contribution in [2.45, 2.75) is 25.8 Å². The van der Waals surface area contributed by atoms with Gasteiger partial charge in [-0.15, -0.1) is 0 Å². The van der Waals surface area contributed by atoms with Crippen molar-refractivity contribution in [3.63, 3.8) is 0 Å². The molecule has 1 atom stereocenters. The molecule has 0 aliphatic carbocycles. The Balaban J connectivity index is 1.71. The number of hydrogen-bond acceptors (Lipinski definition) is 5. The predicted octanol–water partition coefficient (Wildman–Crippen LogP) is 1.38. The molecule has 1 heterocycles. The summed E-state index contributed by atoms with van der Waals surface area (Å²) in [6.07, 6.45) is 1.59. The molecule has 6 heteroatoms. The van der Waals surface area contributed by atoms with E-state index in [2.05, 4.69) is 22.2 Å². The van der Waals surface area contributed by atoms with Gasteiger partial charge in [0.25, 0.3) is 0 Å². The van der Waals surface area contributed by atoms with Crippen molar-refractivity contribution in [3.05, 3.63) is 24.3 Å². The molecule has 2 rings (SSSR count). The molecule has 1 amide bonds. The number of hydrogen-bond donors (Lipinski definition) is 2. The van der Waals surface area contributed by atoms with Crippen molar-refractivity contribution in [2.24, 2.45) is 5.73 Å². The van der Waals surface area contributed by atoms with Crippen LogP contribution in [0.5, 0.6) is 5.75 Å². The topological polar surface area (TPSA) is 70.8 Å². The van der Waals surface area contributed by atoms with E-state index in [1.807, 2.05) is 31.2 Å². The van der Waals surface area contributed by atoms with Crippen molar-refractivity contribution >= 4 is 11.6 Å². The Labute approximate surface area is 144 Å². The van der Waals surface area contributed by atoms with Crippen LogP contribution in [0, 0.1) is 0 Å². The molecule has 1 aromatic carbocycles. The summed E-state index contributed by atoms with van der Waals surface area (Å²) in [6, 6.07) is 7.01. The lowest BCUT2D eigenvalue weighted by Crippen LogP contribution is -2.45. The highest BCUT2D eigenvalue weighted by atomic mass is 16.5. The summed E-state index contributed by atoms with van der Waals surface area (Å²) in [5, 5.41) is 2.83. The molecule has 1 aliphatic rings. The number of nitrogens with zero attached hydrogens (tertiary/aromatic N) is 2. The summed E-state index contributed by atoms with van der Waals surface area (Å²) in [7, 11) is 2.16. The van der Waals surface area contributed by atoms with Crippen LogP contribution in [0.4, 0.5) is 5.69 Å². The number of ether oxygens (including phenoxy) is 1. The van der Waals surface area contributed by atoms with Crippen LogP contribution in [0.3, 0.4) is 0 Å². The molecule has 1 aliphatic heterocycles. The normalized spacial score (nSPS) is 17.5. The average Bonchev–Trinajstić information content (AvgIpc) is 2.58. The smallest absolute Gasteiger partial charge is 0.241 e. The molecule has 24 heavy (non-hydrogen) atoms. The van der Waals surface area contributed by atoms with E-state index in [1.54, 1.807) is 0 Å². The van der Waals surface area contributed by atoms with Gasteiger partial charge in [-0.25, -0.2) is 0 Å². The summed E-state index contributed by atoms with van der Waals surface area (Å²) < 4.78 is 5.79. The highest BCUT2D eigenvalue weighted by molar-refractivity contribution is 5.94. The van der Waals surface area contributed by atoms with Gasteiger partial charge in [0.15, 0.2) is 0 Å². The zero-order valence-corrected chi connectivity index (χ0v) is 14.8. The molecule has 6 nitrogen and oxygen atoms in total. The molecule has 0 radical (unpaired) electrons. The van der Waals surface area contributed by atoms with Gasteiger partial charge >= 0.3 is 0 Å². The molecule has 1 aromatic rings. The number of benzene rings is 1. The monoisotopic (exact) mass is 334 g/mol. The number of anilines is 1. The van der Waals surface area contributed by atoms with E-state index in [0.717, 1.165) is 50.6 Å². The first kappa shape index (κ1) is 18.7. The van der Waals surface area contributed by atoms with Crippen LogP contribution in [0.2, 0.25) is 0 Å². The quantitative estimate of drug-likeness (QED) is 0.751. The van der Waals surface area contributed by atoms with E-state index in [1.165, 1.54) is 0 Å². The molecule has 0 bridgehead atoms. The van der Waals surface area contributed by atoms with Crippen molar-refractivity contribution in [2.75, 3.05) is 51.7 Å². The van der Waals surface area contributed by atoms with Crippen LogP contribution in [0.1, 0.15) is 19.8 Å². The third kappa shape index (κ3) is 6.11. The maximum Gasteiger partial charge on any atom is 0.241 e. The zero-order chi connectivity index (χ0) is 17.4. The molecular formula is C18H30N4O2. The van der Waals surface area contributed by atoms with Crippen molar-refractivity contribution in [3.8, 4) is 5.75 Å². The second-order valence-electron chi connectivity index (χ2n) is 6.40. The largest absolute Gasteiger partial charge is 0.492 e. The molecule has 134 valence electrons. The molecule has 0 saturated carbocycles. The van der Waals surface area contributed by atoms with E-state index in [0.29, 0.717) is 13.0 Å². The second kappa shape index (κ2) is 9.61. The van der Waals surface area contributed by atoms with Crippen LogP contribution < -0.4 is 15.8 Å². The fraction of sp³-hybridized carbons (Fsp3) is 0.611. The number of amides is 1. The fourth-order valence-corrected chi connectivity index (χ4v) is 2.68. The Morgan fingerprint density at radius 1 is 1.25 bits per heavy atom. The highest BCUT2D eigenvalue weighted by Gasteiger charge is 2.14. The van der Waals surface area contributed by atoms with E-state index in [9.17, 15) is 4.79 Å². The number of likely N-dealkylation sites (N-methyl/N-ethyl adjacent to an activating group) is 1. The first-order chi connectivity index (χ1) is 11.6. The van der Waals surface area contributed by atoms with E-state index in [4.69, 9.17) is 10.5 Å². The lowest BCUT2D eigenvalue weighted by atomic mass is 10.1. The standard InChI is InChI=1S/C18H30N4O2/c1-3-4-17(19)18(23)20-15-5-7-16(8-6-15)24-14-13-22-11-9-21(2)10-12-22/h5-8,17H,3-4,9-14,19H2,1-2H3,(H,20,23). The molecule has 3 N–H and O–H groups in total. The summed E-state index contributed by atoms with van der Waals surface area (Å²) in [6.45, 7) is 8.07. The van der Waals surface area contributed by atoms with Gasteiger partial charge in [0.05, 0.1) is 6.04 Å². The van der Waals surface area contributed by atoms with Gasteiger partial charge in [-0.1, -0.05) is 13.3 Å². The van der Waals surface area contributed by atoms with Gasteiger partial charge in [-0.05, 0) is 37.7 Å². The Bertz CT molecular complexity index is 498. The van der Waals surface area contributed by atoms with Gasteiger partial charge < -0.3 is 20.7 Å². The number of rotatable bonds is 8. The van der Waals surface area contributed by atoms with Gasteiger partial charge in [-0.2, -0.15) is 0 Å². The highest BCUT2D eigenvalue weighted by Crippen LogP contribution is 2.16. The third-order valence-corrected chi connectivity index (χ3v) is 4.33. The number of carbonyl (C=O) groups excluding carboxylic acids is 1. The van der Waals surface area contributed by atoms with Gasteiger partial charge in [0.2, 0.25) is 5.91 Å². The maximum atomic E-state index is 11.9. The van der Waals surface area contributed by atoms with Crippen LogP contribution >= 0.6 is 0 Å². The summed E-state index contributed by atoms with van der Waals surface area (Å²) in [5.41, 5.74) is 6.55. The lowest BCUT2D eigenvalue weighted by Gasteiger charge is -2.32. The molecule has 1 unspecified atom stereocenters. The summed E-state index contributed by atoms with van der Waals surface area (Å²) in [4.78, 5) is 16.6. The minimum atomic E-state index is -0.450. The van der Waals surface area contributed by atoms with E-state index in [-0.39, 0.29) is 5.91 Å². The first-order valence-electron chi connectivity index (χ1n) is 8.78. The zero-order valence-electron chi connectivity index (χ0n) is 14.8. The maximum absolute atomic E-state index is 11.9.